The number of hydrogen-bond acceptors (Lipinski definition) is 5. The van der Waals surface area contributed by atoms with Gasteiger partial charge >= 0.3 is 0 Å². The number of benzene rings is 1. The Bertz CT molecular complexity index is 552. The van der Waals surface area contributed by atoms with Crippen LogP contribution in [0.2, 0.25) is 0 Å². The van der Waals surface area contributed by atoms with Crippen molar-refractivity contribution in [2.75, 3.05) is 18.1 Å². The van der Waals surface area contributed by atoms with Crippen molar-refractivity contribution >= 4 is 11.9 Å². The quantitative estimate of drug-likeness (QED) is 0.909. The number of aromatic nitrogens is 3. The van der Waals surface area contributed by atoms with Gasteiger partial charge in [-0.3, -0.25) is 0 Å². The predicted octanol–water partition coefficient (Wildman–Crippen LogP) is 2.95. The molecule has 114 valence electrons. The molecule has 1 aromatic heterocycles. The fourth-order valence-corrected chi connectivity index (χ4v) is 1.48. The molecule has 0 saturated heterocycles. The minimum Gasteiger partial charge on any atom is -0.368 e. The molecule has 2 rings (SSSR count). The molecule has 0 aliphatic carbocycles. The van der Waals surface area contributed by atoms with E-state index in [1.807, 2.05) is 6.07 Å². The zero-order valence-corrected chi connectivity index (χ0v) is 12.9. The van der Waals surface area contributed by atoms with Crippen molar-refractivity contribution in [1.29, 1.82) is 0 Å². The van der Waals surface area contributed by atoms with Crippen LogP contribution in [0, 0.1) is 0 Å². The zero-order chi connectivity index (χ0) is 15.9. The number of rotatable bonds is 3. The average Bonchev–Trinajstić information content (AvgIpc) is 2.47. The number of nitrogens with one attached hydrogen (secondary N) is 1. The van der Waals surface area contributed by atoms with E-state index in [0.29, 0.717) is 0 Å². The summed E-state index contributed by atoms with van der Waals surface area (Å²) in [4.78, 5) is 11.3. The largest absolute Gasteiger partial charge is 0.368 e. The maximum atomic E-state index is 13.4. The number of halogens is 1. The van der Waals surface area contributed by atoms with Gasteiger partial charge in [-0.25, -0.2) is 4.39 Å². The van der Waals surface area contributed by atoms with Crippen molar-refractivity contribution in [2.45, 2.75) is 32.9 Å². The number of anilines is 2. The molecule has 0 radical (unpaired) electrons. The number of hydrogen-bond donors (Lipinski definition) is 2. The Labute approximate surface area is 124 Å². The molecule has 0 amide bonds. The first-order chi connectivity index (χ1) is 9.86. The van der Waals surface area contributed by atoms with E-state index >= 15 is 0 Å². The Kier molecular flexibility index (Phi) is 6.02. The molecule has 2 aromatic rings. The van der Waals surface area contributed by atoms with Gasteiger partial charge in [-0.05, 0) is 25.8 Å². The molecule has 0 aliphatic heterocycles. The summed E-state index contributed by atoms with van der Waals surface area (Å²) >= 11 is 0. The Balaban J connectivity index is 0.000000235. The maximum absolute atomic E-state index is 13.4. The number of nitrogen functional groups attached to an aromatic ring is 1. The van der Waals surface area contributed by atoms with Crippen LogP contribution in [0.25, 0.3) is 0 Å². The highest BCUT2D eigenvalue weighted by molar-refractivity contribution is 5.31. The highest BCUT2D eigenvalue weighted by Gasteiger charge is 2.23. The molecule has 0 spiro atoms. The summed E-state index contributed by atoms with van der Waals surface area (Å²) in [6.45, 7) is 4.89. The van der Waals surface area contributed by atoms with Gasteiger partial charge in [0.1, 0.15) is 0 Å². The van der Waals surface area contributed by atoms with Gasteiger partial charge in [-0.2, -0.15) is 15.0 Å². The van der Waals surface area contributed by atoms with Crippen molar-refractivity contribution in [2.24, 2.45) is 0 Å². The molecule has 0 aliphatic rings. The third-order valence-corrected chi connectivity index (χ3v) is 2.66. The van der Waals surface area contributed by atoms with Crippen LogP contribution in [-0.4, -0.2) is 22.0 Å². The summed E-state index contributed by atoms with van der Waals surface area (Å²) in [5, 5.41) is 2.67. The van der Waals surface area contributed by atoms with E-state index < -0.39 is 5.67 Å². The molecular weight excluding hydrogens is 269 g/mol. The number of aryl methyl sites for hydroxylation is 1. The van der Waals surface area contributed by atoms with Crippen LogP contribution in [0.5, 0.6) is 0 Å². The normalized spacial score (nSPS) is 10.5. The summed E-state index contributed by atoms with van der Waals surface area (Å²) in [7, 11) is 1.63. The second kappa shape index (κ2) is 7.52. The molecule has 3 N–H and O–H groups in total. The van der Waals surface area contributed by atoms with Crippen LogP contribution in [-0.2, 0) is 12.1 Å². The van der Waals surface area contributed by atoms with Gasteiger partial charge in [0.05, 0.1) is 0 Å². The van der Waals surface area contributed by atoms with Crippen LogP contribution in [0.4, 0.5) is 16.3 Å². The van der Waals surface area contributed by atoms with E-state index in [1.165, 1.54) is 19.4 Å². The summed E-state index contributed by atoms with van der Waals surface area (Å²) in [5.41, 5.74) is 5.16. The predicted molar refractivity (Wildman–Crippen MR) is 83.7 cm³/mol. The lowest BCUT2D eigenvalue weighted by Gasteiger charge is -2.12. The lowest BCUT2D eigenvalue weighted by molar-refractivity contribution is 0.206. The van der Waals surface area contributed by atoms with Gasteiger partial charge in [0.15, 0.2) is 11.5 Å². The highest BCUT2D eigenvalue weighted by atomic mass is 19.1. The van der Waals surface area contributed by atoms with Gasteiger partial charge < -0.3 is 11.1 Å². The van der Waals surface area contributed by atoms with E-state index in [2.05, 4.69) is 51.5 Å². The SMILES string of the molecule is CCc1ccccc1.CNc1nc(N)nc(C(C)(C)F)n1. The van der Waals surface area contributed by atoms with E-state index in [-0.39, 0.29) is 17.7 Å². The average molecular weight is 291 g/mol. The van der Waals surface area contributed by atoms with E-state index in [1.54, 1.807) is 7.05 Å². The van der Waals surface area contributed by atoms with Crippen molar-refractivity contribution in [3.63, 3.8) is 0 Å². The van der Waals surface area contributed by atoms with Crippen LogP contribution in [0.3, 0.4) is 0 Å². The van der Waals surface area contributed by atoms with E-state index in [0.717, 1.165) is 6.42 Å². The summed E-state index contributed by atoms with van der Waals surface area (Å²) in [6, 6.07) is 10.5. The number of nitrogens with two attached hydrogens (primary N) is 1. The van der Waals surface area contributed by atoms with Crippen molar-refractivity contribution in [3.8, 4) is 0 Å². The summed E-state index contributed by atoms with van der Waals surface area (Å²) in [6.07, 6.45) is 1.14. The second-order valence-electron chi connectivity index (χ2n) is 4.90. The Hall–Kier alpha value is -2.24. The van der Waals surface area contributed by atoms with Gasteiger partial charge in [0.25, 0.3) is 0 Å². The Morgan fingerprint density at radius 1 is 1.14 bits per heavy atom. The van der Waals surface area contributed by atoms with Crippen LogP contribution in [0.15, 0.2) is 30.3 Å². The summed E-state index contributed by atoms with van der Waals surface area (Å²) < 4.78 is 13.4. The minimum atomic E-state index is -1.61. The first kappa shape index (κ1) is 16.8. The molecule has 1 heterocycles. The van der Waals surface area contributed by atoms with Crippen LogP contribution in [0.1, 0.15) is 32.2 Å². The summed E-state index contributed by atoms with van der Waals surface area (Å²) in [5.74, 6) is 0.317. The highest BCUT2D eigenvalue weighted by Crippen LogP contribution is 2.21. The maximum Gasteiger partial charge on any atom is 0.227 e. The standard InChI is InChI=1S/C8H10.C7H12FN5/c1-2-8-6-4-3-5-7-8;1-7(2,8)4-11-5(9)13-6(10-3)12-4/h3-7H,2H2,1H3;1-3H3,(H3,9,10,11,12,13). The van der Waals surface area contributed by atoms with Crippen molar-refractivity contribution < 1.29 is 4.39 Å². The van der Waals surface area contributed by atoms with E-state index in [4.69, 9.17) is 5.73 Å². The minimum absolute atomic E-state index is 0.0140. The fourth-order valence-electron chi connectivity index (χ4n) is 1.48. The van der Waals surface area contributed by atoms with Crippen molar-refractivity contribution in [1.82, 2.24) is 15.0 Å². The lowest BCUT2D eigenvalue weighted by Crippen LogP contribution is -2.17. The third kappa shape index (κ3) is 5.72. The molecule has 21 heavy (non-hydrogen) atoms. The fraction of sp³-hybridized carbons (Fsp3) is 0.400. The third-order valence-electron chi connectivity index (χ3n) is 2.66. The van der Waals surface area contributed by atoms with Gasteiger partial charge in [0, 0.05) is 7.05 Å². The molecule has 1 aromatic carbocycles. The topological polar surface area (TPSA) is 76.7 Å². The molecule has 0 atom stereocenters. The molecule has 0 unspecified atom stereocenters. The lowest BCUT2D eigenvalue weighted by atomic mass is 10.1. The molecule has 5 nitrogen and oxygen atoms in total. The van der Waals surface area contributed by atoms with Crippen LogP contribution < -0.4 is 11.1 Å². The Morgan fingerprint density at radius 3 is 2.19 bits per heavy atom. The number of alkyl halides is 1. The van der Waals surface area contributed by atoms with Crippen molar-refractivity contribution in [3.05, 3.63) is 41.7 Å². The van der Waals surface area contributed by atoms with Gasteiger partial charge in [-0.15, -0.1) is 0 Å². The Morgan fingerprint density at radius 2 is 1.76 bits per heavy atom. The van der Waals surface area contributed by atoms with Gasteiger partial charge in [-0.1, -0.05) is 37.3 Å². The monoisotopic (exact) mass is 291 g/mol. The van der Waals surface area contributed by atoms with Crippen LogP contribution >= 0.6 is 0 Å². The first-order valence-electron chi connectivity index (χ1n) is 6.79. The molecule has 0 saturated carbocycles. The molecule has 0 fully saturated rings. The smallest absolute Gasteiger partial charge is 0.227 e. The second-order valence-corrected chi connectivity index (χ2v) is 4.90. The van der Waals surface area contributed by atoms with Gasteiger partial charge in [0.2, 0.25) is 11.9 Å². The molecule has 0 bridgehead atoms. The zero-order valence-electron chi connectivity index (χ0n) is 12.9. The molecule has 6 heteroatoms. The molecular formula is C15H22FN5. The van der Waals surface area contributed by atoms with E-state index in [9.17, 15) is 4.39 Å². The first-order valence-corrected chi connectivity index (χ1v) is 6.79. The number of nitrogens with zero attached hydrogens (tertiary/aromatic N) is 3.